The summed E-state index contributed by atoms with van der Waals surface area (Å²) in [5, 5.41) is 0. The van der Waals surface area contributed by atoms with Gasteiger partial charge in [0.25, 0.3) is 0 Å². The Bertz CT molecular complexity index is 839. The standard InChI is InChI=1S/C16H16FN3O/c1-9-7-11(13(21-3)8-10(9)2)14-15(18)20-6-4-5-12(17)16(20)19-14/h4-8H,18H2,1-3H3. The molecule has 0 amide bonds. The van der Waals surface area contributed by atoms with E-state index in [0.29, 0.717) is 17.3 Å². The first kappa shape index (κ1) is 13.4. The summed E-state index contributed by atoms with van der Waals surface area (Å²) in [6.07, 6.45) is 1.69. The number of fused-ring (bicyclic) bond motifs is 1. The van der Waals surface area contributed by atoms with Crippen molar-refractivity contribution in [1.29, 1.82) is 0 Å². The molecule has 21 heavy (non-hydrogen) atoms. The maximum absolute atomic E-state index is 13.9. The Balaban J connectivity index is 2.33. The fourth-order valence-electron chi connectivity index (χ4n) is 2.39. The van der Waals surface area contributed by atoms with Crippen LogP contribution in [0.5, 0.6) is 5.75 Å². The van der Waals surface area contributed by atoms with Gasteiger partial charge >= 0.3 is 0 Å². The lowest BCUT2D eigenvalue weighted by atomic mass is 10.0. The van der Waals surface area contributed by atoms with Gasteiger partial charge < -0.3 is 10.5 Å². The highest BCUT2D eigenvalue weighted by Gasteiger charge is 2.18. The molecule has 0 aliphatic rings. The maximum atomic E-state index is 13.9. The smallest absolute Gasteiger partial charge is 0.175 e. The molecule has 0 radical (unpaired) electrons. The molecule has 2 aromatic heterocycles. The number of nitrogens with two attached hydrogens (primary N) is 1. The van der Waals surface area contributed by atoms with Gasteiger partial charge in [0, 0.05) is 11.8 Å². The Hall–Kier alpha value is -2.56. The van der Waals surface area contributed by atoms with Gasteiger partial charge in [0.15, 0.2) is 11.5 Å². The summed E-state index contributed by atoms with van der Waals surface area (Å²) in [4.78, 5) is 4.34. The van der Waals surface area contributed by atoms with Crippen molar-refractivity contribution in [3.8, 4) is 17.0 Å². The van der Waals surface area contributed by atoms with Crippen LogP contribution in [0.3, 0.4) is 0 Å². The minimum absolute atomic E-state index is 0.213. The second-order valence-electron chi connectivity index (χ2n) is 5.03. The zero-order valence-corrected chi connectivity index (χ0v) is 12.1. The number of ether oxygens (including phenoxy) is 1. The molecule has 108 valence electrons. The molecule has 5 heteroatoms. The van der Waals surface area contributed by atoms with Gasteiger partial charge in [0.1, 0.15) is 17.3 Å². The first-order chi connectivity index (χ1) is 10.0. The molecule has 3 rings (SSSR count). The van der Waals surface area contributed by atoms with Crippen LogP contribution < -0.4 is 10.5 Å². The van der Waals surface area contributed by atoms with Gasteiger partial charge in [-0.3, -0.25) is 4.40 Å². The number of rotatable bonds is 2. The van der Waals surface area contributed by atoms with E-state index in [-0.39, 0.29) is 5.65 Å². The molecule has 3 aromatic rings. The zero-order valence-electron chi connectivity index (χ0n) is 12.1. The number of halogens is 1. The highest BCUT2D eigenvalue weighted by atomic mass is 19.1. The molecule has 2 heterocycles. The second-order valence-corrected chi connectivity index (χ2v) is 5.03. The predicted molar refractivity (Wildman–Crippen MR) is 81.0 cm³/mol. The van der Waals surface area contributed by atoms with Gasteiger partial charge in [-0.15, -0.1) is 0 Å². The second kappa shape index (κ2) is 4.77. The number of imidazole rings is 1. The lowest BCUT2D eigenvalue weighted by molar-refractivity contribution is 0.416. The molecule has 0 spiro atoms. The van der Waals surface area contributed by atoms with Crippen LogP contribution in [-0.4, -0.2) is 16.5 Å². The Morgan fingerprint density at radius 1 is 1.24 bits per heavy atom. The molecule has 2 N–H and O–H groups in total. The van der Waals surface area contributed by atoms with Crippen LogP contribution in [0, 0.1) is 19.7 Å². The van der Waals surface area contributed by atoms with E-state index in [4.69, 9.17) is 10.5 Å². The molecule has 0 unspecified atom stereocenters. The van der Waals surface area contributed by atoms with Gasteiger partial charge in [-0.25, -0.2) is 9.37 Å². The van der Waals surface area contributed by atoms with Gasteiger partial charge in [0.05, 0.1) is 7.11 Å². The van der Waals surface area contributed by atoms with E-state index in [0.717, 1.165) is 16.7 Å². The third kappa shape index (κ3) is 2.01. The summed E-state index contributed by atoms with van der Waals surface area (Å²) >= 11 is 0. The van der Waals surface area contributed by atoms with Crippen molar-refractivity contribution >= 4 is 11.5 Å². The fraction of sp³-hybridized carbons (Fsp3) is 0.188. The molecule has 0 aliphatic carbocycles. The third-order valence-corrected chi connectivity index (χ3v) is 3.71. The minimum atomic E-state index is -0.404. The number of aryl methyl sites for hydroxylation is 2. The first-order valence-electron chi connectivity index (χ1n) is 6.60. The van der Waals surface area contributed by atoms with Crippen molar-refractivity contribution < 1.29 is 9.13 Å². The summed E-state index contributed by atoms with van der Waals surface area (Å²) in [6, 6.07) is 6.86. The molecule has 0 fully saturated rings. The van der Waals surface area contributed by atoms with E-state index in [1.165, 1.54) is 6.07 Å². The van der Waals surface area contributed by atoms with E-state index in [9.17, 15) is 4.39 Å². The number of anilines is 1. The third-order valence-electron chi connectivity index (χ3n) is 3.71. The van der Waals surface area contributed by atoms with E-state index in [2.05, 4.69) is 4.98 Å². The number of hydrogen-bond acceptors (Lipinski definition) is 3. The van der Waals surface area contributed by atoms with Crippen molar-refractivity contribution in [3.63, 3.8) is 0 Å². The van der Waals surface area contributed by atoms with Crippen LogP contribution >= 0.6 is 0 Å². The van der Waals surface area contributed by atoms with Gasteiger partial charge in [-0.2, -0.15) is 0 Å². The summed E-state index contributed by atoms with van der Waals surface area (Å²) in [6.45, 7) is 4.01. The Kier molecular flexibility index (Phi) is 3.05. The number of nitrogen functional groups attached to an aromatic ring is 1. The number of hydrogen-bond donors (Lipinski definition) is 1. The normalized spacial score (nSPS) is 11.0. The summed E-state index contributed by atoms with van der Waals surface area (Å²) in [7, 11) is 1.60. The van der Waals surface area contributed by atoms with Crippen molar-refractivity contribution in [2.24, 2.45) is 0 Å². The van der Waals surface area contributed by atoms with Crippen molar-refractivity contribution in [2.75, 3.05) is 12.8 Å². The zero-order chi connectivity index (χ0) is 15.1. The number of methoxy groups -OCH3 is 1. The van der Waals surface area contributed by atoms with Crippen molar-refractivity contribution in [2.45, 2.75) is 13.8 Å². The Labute approximate surface area is 122 Å². The van der Waals surface area contributed by atoms with Crippen molar-refractivity contribution in [3.05, 3.63) is 47.4 Å². The van der Waals surface area contributed by atoms with Crippen LogP contribution in [0.1, 0.15) is 11.1 Å². The van der Waals surface area contributed by atoms with E-state index in [1.807, 2.05) is 26.0 Å². The highest BCUT2D eigenvalue weighted by molar-refractivity contribution is 5.80. The first-order valence-corrected chi connectivity index (χ1v) is 6.60. The van der Waals surface area contributed by atoms with Crippen molar-refractivity contribution in [1.82, 2.24) is 9.38 Å². The molecule has 0 atom stereocenters. The quantitative estimate of drug-likeness (QED) is 0.785. The number of aromatic nitrogens is 2. The summed E-state index contributed by atoms with van der Waals surface area (Å²) in [5.41, 5.74) is 9.85. The fourth-order valence-corrected chi connectivity index (χ4v) is 2.39. The topological polar surface area (TPSA) is 52.5 Å². The largest absolute Gasteiger partial charge is 0.496 e. The predicted octanol–water partition coefficient (Wildman–Crippen LogP) is 3.35. The molecule has 0 aliphatic heterocycles. The molecule has 0 saturated heterocycles. The van der Waals surface area contributed by atoms with Gasteiger partial charge in [0.2, 0.25) is 0 Å². The Morgan fingerprint density at radius 2 is 1.95 bits per heavy atom. The lowest BCUT2D eigenvalue weighted by Gasteiger charge is -2.10. The van der Waals surface area contributed by atoms with Gasteiger partial charge in [-0.05, 0) is 49.2 Å². The maximum Gasteiger partial charge on any atom is 0.175 e. The molecule has 4 nitrogen and oxygen atoms in total. The summed E-state index contributed by atoms with van der Waals surface area (Å²) < 4.78 is 20.8. The van der Waals surface area contributed by atoms with Crippen LogP contribution in [0.15, 0.2) is 30.5 Å². The minimum Gasteiger partial charge on any atom is -0.496 e. The Morgan fingerprint density at radius 3 is 2.62 bits per heavy atom. The van der Waals surface area contributed by atoms with Crippen LogP contribution in [0.4, 0.5) is 10.2 Å². The van der Waals surface area contributed by atoms with Gasteiger partial charge in [-0.1, -0.05) is 0 Å². The number of pyridine rings is 1. The molecule has 0 saturated carbocycles. The highest BCUT2D eigenvalue weighted by Crippen LogP contribution is 2.36. The van der Waals surface area contributed by atoms with E-state index in [1.54, 1.807) is 23.8 Å². The van der Waals surface area contributed by atoms with Crippen LogP contribution in [-0.2, 0) is 0 Å². The van der Waals surface area contributed by atoms with Crippen LogP contribution in [0.2, 0.25) is 0 Å². The van der Waals surface area contributed by atoms with E-state index >= 15 is 0 Å². The number of nitrogens with zero attached hydrogens (tertiary/aromatic N) is 2. The van der Waals surface area contributed by atoms with Crippen LogP contribution in [0.25, 0.3) is 16.9 Å². The lowest BCUT2D eigenvalue weighted by Crippen LogP contribution is -1.96. The molecule has 1 aromatic carbocycles. The molecular weight excluding hydrogens is 269 g/mol. The average molecular weight is 285 g/mol. The number of benzene rings is 1. The monoisotopic (exact) mass is 285 g/mol. The summed E-state index contributed by atoms with van der Waals surface area (Å²) in [5.74, 6) is 0.665. The molecule has 0 bridgehead atoms. The molecular formula is C16H16FN3O. The SMILES string of the molecule is COc1cc(C)c(C)cc1-c1nc2c(F)cccn2c1N. The van der Waals surface area contributed by atoms with E-state index < -0.39 is 5.82 Å². The average Bonchev–Trinajstić information content (AvgIpc) is 2.80.